The van der Waals surface area contributed by atoms with Crippen molar-refractivity contribution in [2.24, 2.45) is 0 Å². The van der Waals surface area contributed by atoms with Crippen molar-refractivity contribution >= 4 is 17.7 Å². The molecule has 3 nitrogen and oxygen atoms in total. The lowest BCUT2D eigenvalue weighted by atomic mass is 10.1. The molecule has 4 heteroatoms. The van der Waals surface area contributed by atoms with Gasteiger partial charge in [-0.2, -0.15) is 0 Å². The van der Waals surface area contributed by atoms with Crippen molar-refractivity contribution in [2.75, 3.05) is 11.4 Å². The second-order valence-corrected chi connectivity index (χ2v) is 4.39. The summed E-state index contributed by atoms with van der Waals surface area (Å²) in [4.78, 5) is 12.8. The summed E-state index contributed by atoms with van der Waals surface area (Å²) in [5, 5.41) is 8.66. The summed E-state index contributed by atoms with van der Waals surface area (Å²) in [6.45, 7) is 2.89. The van der Waals surface area contributed by atoms with Crippen LogP contribution in [0.5, 0.6) is 0 Å². The molecule has 1 N–H and O–H groups in total. The first kappa shape index (κ1) is 12.6. The zero-order valence-electron chi connectivity index (χ0n) is 10.3. The third-order valence-corrected chi connectivity index (χ3v) is 3.03. The summed E-state index contributed by atoms with van der Waals surface area (Å²) in [6, 6.07) is 5.02. The molecule has 1 aromatic carbocycles. The normalized spacial score (nSPS) is 15.0. The van der Waals surface area contributed by atoms with Crippen molar-refractivity contribution in [3.05, 3.63) is 35.7 Å². The van der Waals surface area contributed by atoms with Crippen LogP contribution in [0.2, 0.25) is 0 Å². The molecule has 1 fully saturated rings. The van der Waals surface area contributed by atoms with Gasteiger partial charge in [0.25, 0.3) is 0 Å². The molecule has 0 bridgehead atoms. The van der Waals surface area contributed by atoms with Gasteiger partial charge >= 0.3 is 5.97 Å². The van der Waals surface area contributed by atoms with Gasteiger partial charge in [-0.25, -0.2) is 9.18 Å². The van der Waals surface area contributed by atoms with Gasteiger partial charge in [-0.15, -0.1) is 0 Å². The highest BCUT2D eigenvalue weighted by Gasteiger charge is 2.29. The number of carbonyl (C=O) groups is 1. The zero-order chi connectivity index (χ0) is 13.1. The van der Waals surface area contributed by atoms with Crippen molar-refractivity contribution < 1.29 is 14.3 Å². The van der Waals surface area contributed by atoms with E-state index in [9.17, 15) is 9.18 Å². The lowest BCUT2D eigenvalue weighted by Crippen LogP contribution is -2.25. The number of carboxylic acids is 1. The van der Waals surface area contributed by atoms with Crippen molar-refractivity contribution in [3.63, 3.8) is 0 Å². The number of rotatable bonds is 5. The quantitative estimate of drug-likeness (QED) is 0.816. The molecule has 0 radical (unpaired) electrons. The predicted octanol–water partition coefficient (Wildman–Crippen LogP) is 2.91. The number of aliphatic carboxylic acids is 1. The van der Waals surface area contributed by atoms with E-state index in [2.05, 4.69) is 4.90 Å². The third kappa shape index (κ3) is 2.88. The van der Waals surface area contributed by atoms with Crippen LogP contribution in [0.1, 0.15) is 25.3 Å². The number of hydrogen-bond acceptors (Lipinski definition) is 2. The van der Waals surface area contributed by atoms with Crippen molar-refractivity contribution in [3.8, 4) is 0 Å². The van der Waals surface area contributed by atoms with Crippen LogP contribution in [0.15, 0.2) is 24.3 Å². The lowest BCUT2D eigenvalue weighted by molar-refractivity contribution is -0.131. The van der Waals surface area contributed by atoms with E-state index in [1.54, 1.807) is 6.07 Å². The van der Waals surface area contributed by atoms with E-state index in [0.29, 0.717) is 11.6 Å². The Bertz CT molecular complexity index is 481. The van der Waals surface area contributed by atoms with Gasteiger partial charge in [0.1, 0.15) is 5.82 Å². The first-order chi connectivity index (χ1) is 8.61. The van der Waals surface area contributed by atoms with Crippen molar-refractivity contribution in [1.29, 1.82) is 0 Å². The monoisotopic (exact) mass is 249 g/mol. The van der Waals surface area contributed by atoms with Crippen LogP contribution in [0.4, 0.5) is 10.1 Å². The Kier molecular flexibility index (Phi) is 3.65. The van der Waals surface area contributed by atoms with Gasteiger partial charge in [-0.3, -0.25) is 0 Å². The van der Waals surface area contributed by atoms with Crippen LogP contribution >= 0.6 is 0 Å². The van der Waals surface area contributed by atoms with Gasteiger partial charge in [0.2, 0.25) is 0 Å². The van der Waals surface area contributed by atoms with Gasteiger partial charge in [0.05, 0.1) is 0 Å². The molecule has 96 valence electrons. The number of anilines is 1. The summed E-state index contributed by atoms with van der Waals surface area (Å²) in [6.07, 6.45) is 4.78. The standard InChI is InChI=1S/C14H16FNO2/c1-2-16(12-5-6-12)13-7-4-11(15)9-10(13)3-8-14(17)18/h3-4,7-9,12H,2,5-6H2,1H3,(H,17,18)/b8-3+. The minimum Gasteiger partial charge on any atom is -0.478 e. The molecule has 0 heterocycles. The van der Waals surface area contributed by atoms with Crippen LogP contribution in [0.25, 0.3) is 6.08 Å². The Morgan fingerprint density at radius 1 is 1.56 bits per heavy atom. The van der Waals surface area contributed by atoms with E-state index >= 15 is 0 Å². The lowest BCUT2D eigenvalue weighted by Gasteiger charge is -2.24. The maximum atomic E-state index is 13.3. The third-order valence-electron chi connectivity index (χ3n) is 3.03. The fourth-order valence-electron chi connectivity index (χ4n) is 2.09. The molecular weight excluding hydrogens is 233 g/mol. The smallest absolute Gasteiger partial charge is 0.328 e. The molecule has 2 rings (SSSR count). The molecule has 0 aliphatic heterocycles. The zero-order valence-corrected chi connectivity index (χ0v) is 10.3. The number of nitrogens with zero attached hydrogens (tertiary/aromatic N) is 1. The highest BCUT2D eigenvalue weighted by Crippen LogP contribution is 2.34. The highest BCUT2D eigenvalue weighted by atomic mass is 19.1. The number of carboxylic acid groups (broad SMARTS) is 1. The SMILES string of the molecule is CCN(c1ccc(F)cc1/C=C/C(=O)O)C1CC1. The topological polar surface area (TPSA) is 40.5 Å². The average Bonchev–Trinajstić information content (AvgIpc) is 3.14. The minimum absolute atomic E-state index is 0.351. The van der Waals surface area contributed by atoms with E-state index in [4.69, 9.17) is 5.11 Å². The van der Waals surface area contributed by atoms with Gasteiger partial charge in [0, 0.05) is 29.9 Å². The fourth-order valence-corrected chi connectivity index (χ4v) is 2.09. The van der Waals surface area contributed by atoms with E-state index < -0.39 is 5.97 Å². The highest BCUT2D eigenvalue weighted by molar-refractivity contribution is 5.87. The Balaban J connectivity index is 2.35. The second kappa shape index (κ2) is 5.21. The molecule has 0 atom stereocenters. The van der Waals surface area contributed by atoms with E-state index in [-0.39, 0.29) is 5.82 Å². The summed E-state index contributed by atoms with van der Waals surface area (Å²) in [7, 11) is 0. The molecule has 0 saturated heterocycles. The van der Waals surface area contributed by atoms with E-state index in [1.165, 1.54) is 18.2 Å². The summed E-state index contributed by atoms with van der Waals surface area (Å²) in [5.74, 6) is -1.38. The predicted molar refractivity (Wildman–Crippen MR) is 69.1 cm³/mol. The van der Waals surface area contributed by atoms with Crippen LogP contribution in [-0.4, -0.2) is 23.7 Å². The molecule has 1 aromatic rings. The van der Waals surface area contributed by atoms with Gasteiger partial charge in [0.15, 0.2) is 0 Å². The maximum absolute atomic E-state index is 13.3. The first-order valence-electron chi connectivity index (χ1n) is 6.09. The Labute approximate surface area is 106 Å². The Hall–Kier alpha value is -1.84. The molecule has 1 aliphatic rings. The van der Waals surface area contributed by atoms with Crippen LogP contribution in [0.3, 0.4) is 0 Å². The summed E-state index contributed by atoms with van der Waals surface area (Å²) in [5.41, 5.74) is 1.52. The Morgan fingerprint density at radius 3 is 2.83 bits per heavy atom. The molecule has 0 aromatic heterocycles. The number of halogens is 1. The maximum Gasteiger partial charge on any atom is 0.328 e. The van der Waals surface area contributed by atoms with Crippen molar-refractivity contribution in [1.82, 2.24) is 0 Å². The molecule has 0 unspecified atom stereocenters. The number of benzene rings is 1. The van der Waals surface area contributed by atoms with E-state index in [1.807, 2.05) is 6.92 Å². The molecule has 0 amide bonds. The minimum atomic E-state index is -1.03. The molecule has 1 aliphatic carbocycles. The van der Waals surface area contributed by atoms with Gasteiger partial charge in [-0.1, -0.05) is 0 Å². The van der Waals surface area contributed by atoms with Gasteiger partial charge in [-0.05, 0) is 44.0 Å². The molecular formula is C14H16FNO2. The van der Waals surface area contributed by atoms with Crippen LogP contribution in [0, 0.1) is 5.82 Å². The van der Waals surface area contributed by atoms with Crippen molar-refractivity contribution in [2.45, 2.75) is 25.8 Å². The molecule has 18 heavy (non-hydrogen) atoms. The van der Waals surface area contributed by atoms with E-state index in [0.717, 1.165) is 31.1 Å². The summed E-state index contributed by atoms with van der Waals surface area (Å²) >= 11 is 0. The summed E-state index contributed by atoms with van der Waals surface area (Å²) < 4.78 is 13.3. The second-order valence-electron chi connectivity index (χ2n) is 4.39. The van der Waals surface area contributed by atoms with Crippen LogP contribution in [-0.2, 0) is 4.79 Å². The molecule has 0 spiro atoms. The number of hydrogen-bond donors (Lipinski definition) is 1. The van der Waals surface area contributed by atoms with Gasteiger partial charge < -0.3 is 10.0 Å². The fraction of sp³-hybridized carbons (Fsp3) is 0.357. The van der Waals surface area contributed by atoms with Crippen LogP contribution < -0.4 is 4.90 Å². The largest absolute Gasteiger partial charge is 0.478 e. The Morgan fingerprint density at radius 2 is 2.28 bits per heavy atom. The molecule has 1 saturated carbocycles. The average molecular weight is 249 g/mol. The first-order valence-corrected chi connectivity index (χ1v) is 6.09.